The zero-order valence-electron chi connectivity index (χ0n) is 12.7. The minimum Gasteiger partial charge on any atom is -0.349 e. The van der Waals surface area contributed by atoms with E-state index in [-0.39, 0.29) is 16.8 Å². The maximum absolute atomic E-state index is 12.3. The van der Waals surface area contributed by atoms with Gasteiger partial charge in [-0.25, -0.2) is 13.1 Å². The molecule has 1 aliphatic rings. The van der Waals surface area contributed by atoms with Crippen molar-refractivity contribution >= 4 is 15.9 Å². The fraction of sp³-hybridized carbons (Fsp3) is 0.533. The van der Waals surface area contributed by atoms with Gasteiger partial charge in [0.05, 0.1) is 4.90 Å². The Morgan fingerprint density at radius 1 is 1.19 bits per heavy atom. The molecule has 0 aromatic heterocycles. The zero-order chi connectivity index (χ0) is 15.6. The molecule has 0 spiro atoms. The molecular formula is C15H22N2O3S. The summed E-state index contributed by atoms with van der Waals surface area (Å²) in [6.45, 7) is 3.56. The molecule has 2 N–H and O–H groups in total. The van der Waals surface area contributed by atoms with Crippen molar-refractivity contribution in [3.8, 4) is 0 Å². The molecule has 0 radical (unpaired) electrons. The number of carbonyl (C=O) groups excluding carboxylic acids is 1. The molecule has 1 aliphatic carbocycles. The van der Waals surface area contributed by atoms with E-state index in [9.17, 15) is 13.2 Å². The van der Waals surface area contributed by atoms with Crippen LogP contribution in [0.25, 0.3) is 0 Å². The number of rotatable bonds is 4. The molecule has 1 saturated carbocycles. The van der Waals surface area contributed by atoms with Gasteiger partial charge in [0.25, 0.3) is 5.91 Å². The topological polar surface area (TPSA) is 75.3 Å². The Balaban J connectivity index is 2.34. The molecule has 21 heavy (non-hydrogen) atoms. The fourth-order valence-electron chi connectivity index (χ4n) is 2.69. The third kappa shape index (κ3) is 3.44. The van der Waals surface area contributed by atoms with Crippen LogP contribution in [-0.2, 0) is 10.0 Å². The number of aryl methyl sites for hydroxylation is 1. The Kier molecular flexibility index (Phi) is 4.68. The van der Waals surface area contributed by atoms with Crippen molar-refractivity contribution in [2.75, 3.05) is 7.05 Å². The van der Waals surface area contributed by atoms with E-state index in [1.54, 1.807) is 13.0 Å². The van der Waals surface area contributed by atoms with E-state index in [0.29, 0.717) is 11.1 Å². The van der Waals surface area contributed by atoms with Gasteiger partial charge in [-0.2, -0.15) is 0 Å². The van der Waals surface area contributed by atoms with Crippen LogP contribution in [0.1, 0.15) is 47.2 Å². The summed E-state index contributed by atoms with van der Waals surface area (Å²) in [6.07, 6.45) is 4.27. The van der Waals surface area contributed by atoms with E-state index >= 15 is 0 Å². The van der Waals surface area contributed by atoms with Gasteiger partial charge in [-0.3, -0.25) is 4.79 Å². The lowest BCUT2D eigenvalue weighted by Gasteiger charge is -2.15. The molecule has 0 aliphatic heterocycles. The predicted molar refractivity (Wildman–Crippen MR) is 81.9 cm³/mol. The van der Waals surface area contributed by atoms with Gasteiger partial charge in [0, 0.05) is 11.6 Å². The minimum atomic E-state index is -3.56. The highest BCUT2D eigenvalue weighted by molar-refractivity contribution is 7.89. The molecule has 0 atom stereocenters. The van der Waals surface area contributed by atoms with Gasteiger partial charge in [-0.15, -0.1) is 0 Å². The summed E-state index contributed by atoms with van der Waals surface area (Å²) in [5.74, 6) is -0.197. The standard InChI is InChI=1S/C15H22N2O3S/c1-10-8-12(15(18)17-13-6-4-5-7-13)9-14(11(10)2)21(19,20)16-3/h8-9,13,16H,4-7H2,1-3H3,(H,17,18). The van der Waals surface area contributed by atoms with Crippen LogP contribution in [0.4, 0.5) is 0 Å². The molecule has 0 saturated heterocycles. The second-order valence-electron chi connectivity index (χ2n) is 5.58. The lowest BCUT2D eigenvalue weighted by Crippen LogP contribution is -2.33. The number of hydrogen-bond donors (Lipinski definition) is 2. The lowest BCUT2D eigenvalue weighted by atomic mass is 10.1. The minimum absolute atomic E-state index is 0.168. The highest BCUT2D eigenvalue weighted by Gasteiger charge is 2.22. The third-order valence-corrected chi connectivity index (χ3v) is 5.67. The Morgan fingerprint density at radius 3 is 2.38 bits per heavy atom. The fourth-order valence-corrected chi connectivity index (χ4v) is 3.75. The summed E-state index contributed by atoms with van der Waals surface area (Å²) in [7, 11) is -2.19. The van der Waals surface area contributed by atoms with E-state index < -0.39 is 10.0 Å². The van der Waals surface area contributed by atoms with Gasteiger partial charge in [-0.1, -0.05) is 12.8 Å². The van der Waals surface area contributed by atoms with Gasteiger partial charge >= 0.3 is 0 Å². The predicted octanol–water partition coefficient (Wildman–Crippen LogP) is 1.88. The molecule has 5 nitrogen and oxygen atoms in total. The molecule has 2 rings (SSSR count). The van der Waals surface area contributed by atoms with Crippen molar-refractivity contribution in [1.29, 1.82) is 0 Å². The summed E-state index contributed by atoms with van der Waals surface area (Å²) in [5.41, 5.74) is 1.86. The molecule has 1 fully saturated rings. The number of carbonyl (C=O) groups is 1. The van der Waals surface area contributed by atoms with Crippen LogP contribution in [0, 0.1) is 13.8 Å². The quantitative estimate of drug-likeness (QED) is 0.891. The number of amides is 1. The van der Waals surface area contributed by atoms with Crippen LogP contribution in [-0.4, -0.2) is 27.4 Å². The average Bonchev–Trinajstić information content (AvgIpc) is 2.94. The Hall–Kier alpha value is -1.40. The third-order valence-electron chi connectivity index (χ3n) is 4.13. The largest absolute Gasteiger partial charge is 0.349 e. The maximum atomic E-state index is 12.3. The van der Waals surface area contributed by atoms with Gasteiger partial charge in [0.1, 0.15) is 0 Å². The summed E-state index contributed by atoms with van der Waals surface area (Å²) in [5, 5.41) is 2.98. The van der Waals surface area contributed by atoms with Gasteiger partial charge in [0.2, 0.25) is 10.0 Å². The first-order chi connectivity index (χ1) is 9.85. The summed E-state index contributed by atoms with van der Waals surface area (Å²) < 4.78 is 26.4. The number of sulfonamides is 1. The first-order valence-electron chi connectivity index (χ1n) is 7.21. The van der Waals surface area contributed by atoms with Crippen LogP contribution in [0.3, 0.4) is 0 Å². The van der Waals surface area contributed by atoms with E-state index in [1.807, 2.05) is 6.92 Å². The van der Waals surface area contributed by atoms with Crippen molar-refractivity contribution in [2.24, 2.45) is 0 Å². The number of benzene rings is 1. The first-order valence-corrected chi connectivity index (χ1v) is 8.69. The zero-order valence-corrected chi connectivity index (χ0v) is 13.5. The second kappa shape index (κ2) is 6.15. The molecule has 6 heteroatoms. The Bertz CT molecular complexity index is 647. The van der Waals surface area contributed by atoms with Gasteiger partial charge in [-0.05, 0) is 57.0 Å². The lowest BCUT2D eigenvalue weighted by molar-refractivity contribution is 0.0937. The molecular weight excluding hydrogens is 288 g/mol. The average molecular weight is 310 g/mol. The number of hydrogen-bond acceptors (Lipinski definition) is 3. The van der Waals surface area contributed by atoms with Crippen molar-refractivity contribution in [3.05, 3.63) is 28.8 Å². The van der Waals surface area contributed by atoms with Crippen molar-refractivity contribution in [1.82, 2.24) is 10.0 Å². The normalized spacial score (nSPS) is 16.1. The molecule has 116 valence electrons. The van der Waals surface area contributed by atoms with Gasteiger partial charge in [0.15, 0.2) is 0 Å². The molecule has 0 unspecified atom stereocenters. The smallest absolute Gasteiger partial charge is 0.251 e. The van der Waals surface area contributed by atoms with E-state index in [4.69, 9.17) is 0 Å². The van der Waals surface area contributed by atoms with Crippen LogP contribution in [0.5, 0.6) is 0 Å². The SMILES string of the molecule is CNS(=O)(=O)c1cc(C(=O)NC2CCCC2)cc(C)c1C. The van der Waals surface area contributed by atoms with E-state index in [2.05, 4.69) is 10.0 Å². The second-order valence-corrected chi connectivity index (χ2v) is 7.43. The molecule has 1 aromatic carbocycles. The molecule has 0 bridgehead atoms. The summed E-state index contributed by atoms with van der Waals surface area (Å²) in [4.78, 5) is 12.5. The van der Waals surface area contributed by atoms with Crippen LogP contribution in [0.2, 0.25) is 0 Å². The molecule has 1 aromatic rings. The van der Waals surface area contributed by atoms with E-state index in [0.717, 1.165) is 31.2 Å². The van der Waals surface area contributed by atoms with Crippen LogP contribution in [0.15, 0.2) is 17.0 Å². The molecule has 1 amide bonds. The van der Waals surface area contributed by atoms with E-state index in [1.165, 1.54) is 13.1 Å². The van der Waals surface area contributed by atoms with Crippen LogP contribution < -0.4 is 10.0 Å². The Morgan fingerprint density at radius 2 is 1.81 bits per heavy atom. The van der Waals surface area contributed by atoms with Crippen LogP contribution >= 0.6 is 0 Å². The van der Waals surface area contributed by atoms with Crippen molar-refractivity contribution < 1.29 is 13.2 Å². The number of nitrogens with one attached hydrogen (secondary N) is 2. The summed E-state index contributed by atoms with van der Waals surface area (Å²) >= 11 is 0. The maximum Gasteiger partial charge on any atom is 0.251 e. The monoisotopic (exact) mass is 310 g/mol. The highest BCUT2D eigenvalue weighted by Crippen LogP contribution is 2.22. The van der Waals surface area contributed by atoms with Gasteiger partial charge < -0.3 is 5.32 Å². The van der Waals surface area contributed by atoms with Crippen molar-refractivity contribution in [3.63, 3.8) is 0 Å². The summed E-state index contributed by atoms with van der Waals surface area (Å²) in [6, 6.07) is 3.41. The highest BCUT2D eigenvalue weighted by atomic mass is 32.2. The Labute approximate surface area is 126 Å². The van der Waals surface area contributed by atoms with Crippen molar-refractivity contribution in [2.45, 2.75) is 50.5 Å². The molecule has 0 heterocycles. The first kappa shape index (κ1) is 16.0.